The number of aromatic nitrogens is 2. The summed E-state index contributed by atoms with van der Waals surface area (Å²) in [6.07, 6.45) is 2.06. The van der Waals surface area contributed by atoms with Gasteiger partial charge in [0.05, 0.1) is 13.2 Å². The minimum absolute atomic E-state index is 0.0424. The van der Waals surface area contributed by atoms with E-state index >= 15 is 0 Å². The van der Waals surface area contributed by atoms with Gasteiger partial charge in [-0.05, 0) is 12.3 Å². The summed E-state index contributed by atoms with van der Waals surface area (Å²) in [5.41, 5.74) is 6.04. The Hall–Kier alpha value is -1.10. The molecule has 5 heteroatoms. The lowest BCUT2D eigenvalue weighted by Gasteiger charge is -1.98. The van der Waals surface area contributed by atoms with Gasteiger partial charge in [-0.3, -0.25) is 0 Å². The lowest BCUT2D eigenvalue weighted by molar-refractivity contribution is 0.270. The number of aliphatic hydroxyl groups excluding tert-OH is 1. The molecule has 84 valence electrons. The zero-order valence-electron chi connectivity index (χ0n) is 8.78. The van der Waals surface area contributed by atoms with Crippen molar-refractivity contribution in [2.45, 2.75) is 32.2 Å². The van der Waals surface area contributed by atoms with Crippen molar-refractivity contribution < 1.29 is 9.50 Å². The summed E-state index contributed by atoms with van der Waals surface area (Å²) in [6.45, 7) is 2.27. The van der Waals surface area contributed by atoms with Crippen molar-refractivity contribution in [3.8, 4) is 0 Å². The number of nitrogen functional groups attached to an aromatic ring is 1. The van der Waals surface area contributed by atoms with Crippen molar-refractivity contribution in [2.75, 3.05) is 12.3 Å². The van der Waals surface area contributed by atoms with Crippen LogP contribution in [0.15, 0.2) is 0 Å². The smallest absolute Gasteiger partial charge is 0.188 e. The van der Waals surface area contributed by atoms with Gasteiger partial charge in [0, 0.05) is 5.92 Å². The molecule has 0 aromatic carbocycles. The molecule has 1 fully saturated rings. The predicted molar refractivity (Wildman–Crippen MR) is 54.8 cm³/mol. The maximum Gasteiger partial charge on any atom is 0.188 e. The molecule has 15 heavy (non-hydrogen) atoms. The van der Waals surface area contributed by atoms with Gasteiger partial charge in [0.15, 0.2) is 11.6 Å². The summed E-state index contributed by atoms with van der Waals surface area (Å²) in [5, 5.41) is 12.9. The summed E-state index contributed by atoms with van der Waals surface area (Å²) in [7, 11) is 0. The van der Waals surface area contributed by atoms with Crippen LogP contribution in [0.1, 0.15) is 31.4 Å². The summed E-state index contributed by atoms with van der Waals surface area (Å²) >= 11 is 0. The molecule has 4 nitrogen and oxygen atoms in total. The van der Waals surface area contributed by atoms with Crippen LogP contribution in [0.3, 0.4) is 0 Å². The lowest BCUT2D eigenvalue weighted by Crippen LogP contribution is -2.08. The fourth-order valence-corrected chi connectivity index (χ4v) is 2.01. The molecule has 1 saturated carbocycles. The first kappa shape index (κ1) is 10.4. The van der Waals surface area contributed by atoms with E-state index in [2.05, 4.69) is 12.0 Å². The zero-order chi connectivity index (χ0) is 11.0. The first-order valence-corrected chi connectivity index (χ1v) is 5.31. The number of hydrogen-bond donors (Lipinski definition) is 2. The number of nitrogens with zero attached hydrogens (tertiary/aromatic N) is 2. The van der Waals surface area contributed by atoms with Crippen molar-refractivity contribution in [3.63, 3.8) is 0 Å². The lowest BCUT2D eigenvalue weighted by atomic mass is 10.2. The maximum absolute atomic E-state index is 13.7. The molecule has 0 radical (unpaired) electrons. The Kier molecular flexibility index (Phi) is 2.65. The molecule has 2 atom stereocenters. The van der Waals surface area contributed by atoms with Gasteiger partial charge in [0.2, 0.25) is 0 Å². The van der Waals surface area contributed by atoms with Crippen molar-refractivity contribution in [1.82, 2.24) is 9.78 Å². The van der Waals surface area contributed by atoms with Crippen molar-refractivity contribution in [1.29, 1.82) is 0 Å². The number of halogens is 1. The van der Waals surface area contributed by atoms with Gasteiger partial charge in [-0.2, -0.15) is 5.10 Å². The van der Waals surface area contributed by atoms with Crippen LogP contribution >= 0.6 is 0 Å². The second-order valence-corrected chi connectivity index (χ2v) is 4.04. The van der Waals surface area contributed by atoms with Crippen LogP contribution in [-0.4, -0.2) is 21.5 Å². The Bertz CT molecular complexity index is 364. The number of anilines is 1. The molecule has 0 saturated heterocycles. The van der Waals surface area contributed by atoms with E-state index in [1.807, 2.05) is 0 Å². The van der Waals surface area contributed by atoms with Crippen molar-refractivity contribution in [3.05, 3.63) is 11.5 Å². The standard InChI is InChI=1S/C10H16FN3O/c1-2-6-5-7(6)9-8(11)10(12)14(13-9)3-4-15/h6-7,15H,2-5,12H2,1H3. The van der Waals surface area contributed by atoms with Gasteiger partial charge >= 0.3 is 0 Å². The van der Waals surface area contributed by atoms with Crippen LogP contribution in [-0.2, 0) is 6.54 Å². The Morgan fingerprint density at radius 3 is 2.93 bits per heavy atom. The van der Waals surface area contributed by atoms with E-state index in [0.717, 1.165) is 12.8 Å². The Labute approximate surface area is 87.9 Å². The van der Waals surface area contributed by atoms with E-state index in [1.165, 1.54) is 4.68 Å². The van der Waals surface area contributed by atoms with Gasteiger partial charge < -0.3 is 10.8 Å². The third-order valence-corrected chi connectivity index (χ3v) is 3.07. The van der Waals surface area contributed by atoms with Gasteiger partial charge in [-0.15, -0.1) is 0 Å². The molecule has 1 aliphatic carbocycles. The molecular formula is C10H16FN3O. The molecule has 3 N–H and O–H groups in total. The third-order valence-electron chi connectivity index (χ3n) is 3.07. The summed E-state index contributed by atoms with van der Waals surface area (Å²) in [4.78, 5) is 0. The maximum atomic E-state index is 13.7. The van der Waals surface area contributed by atoms with Crippen LogP contribution in [0, 0.1) is 11.7 Å². The van der Waals surface area contributed by atoms with Crippen LogP contribution in [0.25, 0.3) is 0 Å². The Morgan fingerprint density at radius 2 is 2.40 bits per heavy atom. The predicted octanol–water partition coefficient (Wildman–Crippen LogP) is 1.11. The monoisotopic (exact) mass is 213 g/mol. The van der Waals surface area contributed by atoms with Crippen molar-refractivity contribution in [2.24, 2.45) is 5.92 Å². The highest BCUT2D eigenvalue weighted by atomic mass is 19.1. The van der Waals surface area contributed by atoms with Crippen LogP contribution in [0.4, 0.5) is 10.2 Å². The number of aliphatic hydroxyl groups is 1. The minimum Gasteiger partial charge on any atom is -0.394 e. The highest BCUT2D eigenvalue weighted by Crippen LogP contribution is 2.50. The fourth-order valence-electron chi connectivity index (χ4n) is 2.01. The normalized spacial score (nSPS) is 24.5. The SMILES string of the molecule is CCC1CC1c1nn(CCO)c(N)c1F. The second kappa shape index (κ2) is 3.81. The van der Waals surface area contributed by atoms with Gasteiger partial charge in [0.25, 0.3) is 0 Å². The second-order valence-electron chi connectivity index (χ2n) is 4.04. The van der Waals surface area contributed by atoms with E-state index in [4.69, 9.17) is 10.8 Å². The first-order valence-electron chi connectivity index (χ1n) is 5.31. The first-order chi connectivity index (χ1) is 7.19. The Morgan fingerprint density at radius 1 is 1.67 bits per heavy atom. The average Bonchev–Trinajstić information content (AvgIpc) is 2.96. The third kappa shape index (κ3) is 1.71. The number of rotatable bonds is 4. The zero-order valence-corrected chi connectivity index (χ0v) is 8.78. The van der Waals surface area contributed by atoms with Crippen LogP contribution in [0.5, 0.6) is 0 Å². The van der Waals surface area contributed by atoms with E-state index in [1.54, 1.807) is 0 Å². The fraction of sp³-hybridized carbons (Fsp3) is 0.700. The van der Waals surface area contributed by atoms with Crippen LogP contribution < -0.4 is 5.73 Å². The highest BCUT2D eigenvalue weighted by Gasteiger charge is 2.41. The molecule has 0 bridgehead atoms. The molecule has 2 unspecified atom stereocenters. The summed E-state index contributed by atoms with van der Waals surface area (Å²) in [5.74, 6) is 0.429. The van der Waals surface area contributed by atoms with Crippen LogP contribution in [0.2, 0.25) is 0 Å². The molecule has 1 aromatic rings. The number of nitrogens with two attached hydrogens (primary N) is 1. The van der Waals surface area contributed by atoms with Gasteiger partial charge in [-0.25, -0.2) is 9.07 Å². The molecule has 1 heterocycles. The quantitative estimate of drug-likeness (QED) is 0.787. The van der Waals surface area contributed by atoms with E-state index in [0.29, 0.717) is 11.6 Å². The molecular weight excluding hydrogens is 197 g/mol. The van der Waals surface area contributed by atoms with E-state index in [-0.39, 0.29) is 24.9 Å². The van der Waals surface area contributed by atoms with E-state index in [9.17, 15) is 4.39 Å². The summed E-state index contributed by atoms with van der Waals surface area (Å²) < 4.78 is 15.0. The average molecular weight is 213 g/mol. The molecule has 0 amide bonds. The van der Waals surface area contributed by atoms with Gasteiger partial charge in [0.1, 0.15) is 5.69 Å². The molecule has 2 rings (SSSR count). The molecule has 0 aliphatic heterocycles. The van der Waals surface area contributed by atoms with E-state index < -0.39 is 5.82 Å². The Balaban J connectivity index is 2.22. The summed E-state index contributed by atoms with van der Waals surface area (Å²) in [6, 6.07) is 0. The van der Waals surface area contributed by atoms with Gasteiger partial charge in [-0.1, -0.05) is 13.3 Å². The molecule has 1 aromatic heterocycles. The van der Waals surface area contributed by atoms with Crippen molar-refractivity contribution >= 4 is 5.82 Å². The highest BCUT2D eigenvalue weighted by molar-refractivity contribution is 5.37. The molecule has 1 aliphatic rings. The topological polar surface area (TPSA) is 64.1 Å². The largest absolute Gasteiger partial charge is 0.394 e. The minimum atomic E-state index is -0.399. The number of hydrogen-bond acceptors (Lipinski definition) is 3. The molecule has 0 spiro atoms.